The number of unbranched alkanes of at least 4 members (excludes halogenated alkanes) is 1. The van der Waals surface area contributed by atoms with Gasteiger partial charge in [0.2, 0.25) is 0 Å². The topological polar surface area (TPSA) is 62.9 Å². The van der Waals surface area contributed by atoms with Gasteiger partial charge in [0.25, 0.3) is 0 Å². The summed E-state index contributed by atoms with van der Waals surface area (Å²) in [5.74, 6) is 1.53. The van der Waals surface area contributed by atoms with Gasteiger partial charge in [-0.1, -0.05) is 34.8 Å². The van der Waals surface area contributed by atoms with Gasteiger partial charge in [-0.05, 0) is 73.7 Å². The number of methoxy groups -OCH3 is 1. The first-order chi connectivity index (χ1) is 17.9. The lowest BCUT2D eigenvalue weighted by Gasteiger charge is -2.15. The molecule has 2 aromatic carbocycles. The first-order valence-corrected chi connectivity index (χ1v) is 13.0. The molecule has 2 N–H and O–H groups in total. The zero-order chi connectivity index (χ0) is 28.0. The maximum absolute atomic E-state index is 12.9. The molecule has 2 aromatic rings. The van der Waals surface area contributed by atoms with Gasteiger partial charge in [-0.15, -0.1) is 0 Å². The number of halogens is 6. The number of ether oxygens (including phenoxy) is 4. The number of aryl methyl sites for hydroxylation is 2. The van der Waals surface area contributed by atoms with E-state index in [1.165, 1.54) is 6.92 Å². The summed E-state index contributed by atoms with van der Waals surface area (Å²) < 4.78 is 61.7. The maximum Gasteiger partial charge on any atom is 0.416 e. The van der Waals surface area contributed by atoms with Gasteiger partial charge in [0.1, 0.15) is 28.3 Å². The lowest BCUT2D eigenvalue weighted by molar-refractivity contribution is -0.137. The zero-order valence-corrected chi connectivity index (χ0v) is 23.5. The highest BCUT2D eigenvalue weighted by Crippen LogP contribution is 2.42. The van der Waals surface area contributed by atoms with Crippen molar-refractivity contribution in [1.29, 1.82) is 0 Å². The second-order valence-corrected chi connectivity index (χ2v) is 10.2. The van der Waals surface area contributed by atoms with E-state index in [0.717, 1.165) is 28.8 Å². The van der Waals surface area contributed by atoms with E-state index < -0.39 is 11.7 Å². The van der Waals surface area contributed by atoms with E-state index in [-0.39, 0.29) is 28.0 Å². The summed E-state index contributed by atoms with van der Waals surface area (Å²) in [6, 6.07) is 5.56. The fraction of sp³-hybridized carbons (Fsp3) is 0.407. The normalized spacial score (nSPS) is 16.2. The summed E-state index contributed by atoms with van der Waals surface area (Å²) in [4.78, 5) is 0. The zero-order valence-electron chi connectivity index (χ0n) is 21.2. The highest BCUT2D eigenvalue weighted by atomic mass is 35.5. The molecule has 11 heteroatoms. The van der Waals surface area contributed by atoms with Crippen molar-refractivity contribution in [2.45, 2.75) is 45.4 Å². The van der Waals surface area contributed by atoms with E-state index in [9.17, 15) is 13.2 Å². The largest absolute Gasteiger partial charge is 0.496 e. The molecule has 0 spiro atoms. The van der Waals surface area contributed by atoms with Crippen LogP contribution < -0.4 is 19.9 Å². The molecule has 0 radical (unpaired) electrons. The SMILES string of the molecule is COc1c(C)cc(OCC=C(Cl)Cl)cc1/C(N)=C1\CC1OCCCCOc1c(C)cc(C(F)(F)F)cc1Cl. The van der Waals surface area contributed by atoms with Crippen molar-refractivity contribution in [3.63, 3.8) is 0 Å². The number of hydrogen-bond acceptors (Lipinski definition) is 5. The van der Waals surface area contributed by atoms with Crippen LogP contribution in [0.1, 0.15) is 41.5 Å². The predicted molar refractivity (Wildman–Crippen MR) is 144 cm³/mol. The molecular formula is C27H29Cl3F3NO4. The molecule has 1 aliphatic rings. The molecule has 1 fully saturated rings. The summed E-state index contributed by atoms with van der Waals surface area (Å²) >= 11 is 17.3. The molecule has 1 unspecified atom stereocenters. The van der Waals surface area contributed by atoms with Crippen molar-refractivity contribution in [1.82, 2.24) is 0 Å². The van der Waals surface area contributed by atoms with Gasteiger partial charge >= 0.3 is 6.18 Å². The van der Waals surface area contributed by atoms with E-state index in [0.29, 0.717) is 55.2 Å². The summed E-state index contributed by atoms with van der Waals surface area (Å²) in [5, 5.41) is -0.0590. The predicted octanol–water partition coefficient (Wildman–Crippen LogP) is 8.00. The second-order valence-electron chi connectivity index (χ2n) is 8.79. The fourth-order valence-electron chi connectivity index (χ4n) is 3.93. The molecule has 208 valence electrons. The quantitative estimate of drug-likeness (QED) is 0.252. The Morgan fingerprint density at radius 1 is 1.03 bits per heavy atom. The van der Waals surface area contributed by atoms with E-state index in [1.54, 1.807) is 13.2 Å². The summed E-state index contributed by atoms with van der Waals surface area (Å²) in [6.45, 7) is 4.44. The molecule has 1 atom stereocenters. The molecule has 0 aromatic heterocycles. The molecule has 0 saturated heterocycles. The van der Waals surface area contributed by atoms with Crippen LogP contribution >= 0.6 is 34.8 Å². The lowest BCUT2D eigenvalue weighted by Crippen LogP contribution is -2.07. The second kappa shape index (κ2) is 13.2. The molecular weight excluding hydrogens is 566 g/mol. The van der Waals surface area contributed by atoms with Crippen LogP contribution in [0.4, 0.5) is 13.2 Å². The molecule has 3 rings (SSSR count). The minimum Gasteiger partial charge on any atom is -0.496 e. The minimum atomic E-state index is -4.46. The van der Waals surface area contributed by atoms with Crippen LogP contribution in [-0.2, 0) is 10.9 Å². The highest BCUT2D eigenvalue weighted by molar-refractivity contribution is 6.55. The third-order valence-electron chi connectivity index (χ3n) is 5.87. The minimum absolute atomic E-state index is 0.0590. The number of benzene rings is 2. The summed E-state index contributed by atoms with van der Waals surface area (Å²) in [6.07, 6.45) is -0.954. The van der Waals surface area contributed by atoms with Crippen molar-refractivity contribution in [2.24, 2.45) is 5.73 Å². The first-order valence-electron chi connectivity index (χ1n) is 11.9. The van der Waals surface area contributed by atoms with Gasteiger partial charge in [0.15, 0.2) is 0 Å². The maximum atomic E-state index is 12.9. The monoisotopic (exact) mass is 593 g/mol. The van der Waals surface area contributed by atoms with E-state index in [2.05, 4.69) is 0 Å². The third-order valence-corrected chi connectivity index (χ3v) is 6.46. The lowest BCUT2D eigenvalue weighted by atomic mass is 10.1. The van der Waals surface area contributed by atoms with Crippen molar-refractivity contribution in [3.05, 3.63) is 67.7 Å². The van der Waals surface area contributed by atoms with E-state index in [1.807, 2.05) is 19.1 Å². The van der Waals surface area contributed by atoms with Crippen LogP contribution in [-0.4, -0.2) is 33.0 Å². The van der Waals surface area contributed by atoms with Crippen LogP contribution in [0.3, 0.4) is 0 Å². The molecule has 0 amide bonds. The molecule has 1 saturated carbocycles. The third kappa shape index (κ3) is 8.12. The van der Waals surface area contributed by atoms with Gasteiger partial charge in [-0.3, -0.25) is 0 Å². The average Bonchev–Trinajstić information content (AvgIpc) is 3.60. The fourth-order valence-corrected chi connectivity index (χ4v) is 4.38. The summed E-state index contributed by atoms with van der Waals surface area (Å²) in [7, 11) is 1.59. The number of hydrogen-bond donors (Lipinski definition) is 1. The van der Waals surface area contributed by atoms with Gasteiger partial charge < -0.3 is 24.7 Å². The molecule has 0 heterocycles. The van der Waals surface area contributed by atoms with Crippen molar-refractivity contribution in [3.8, 4) is 17.2 Å². The highest BCUT2D eigenvalue weighted by Gasteiger charge is 2.35. The molecule has 0 aliphatic heterocycles. The van der Waals surface area contributed by atoms with Crippen molar-refractivity contribution >= 4 is 40.5 Å². The van der Waals surface area contributed by atoms with Crippen molar-refractivity contribution < 1.29 is 32.1 Å². The molecule has 0 bridgehead atoms. The standard InChI is InChI=1S/C27H29Cl3F3NO4/c1-15-10-17(27(31,32)33)12-21(28)26(15)38-8-5-4-7-37-22-14-19(22)24(34)20-13-18(36-9-6-23(29)30)11-16(2)25(20)35-3/h6,10-13,22H,4-5,7-9,14,34H2,1-3H3/b24-19-. The molecule has 38 heavy (non-hydrogen) atoms. The summed E-state index contributed by atoms with van der Waals surface area (Å²) in [5.41, 5.74) is 9.16. The van der Waals surface area contributed by atoms with E-state index >= 15 is 0 Å². The van der Waals surface area contributed by atoms with Gasteiger partial charge in [-0.25, -0.2) is 0 Å². The Balaban J connectivity index is 1.51. The van der Waals surface area contributed by atoms with Crippen LogP contribution in [0.25, 0.3) is 5.70 Å². The Morgan fingerprint density at radius 3 is 2.34 bits per heavy atom. The first kappa shape index (κ1) is 30.3. The smallest absolute Gasteiger partial charge is 0.416 e. The number of rotatable bonds is 12. The van der Waals surface area contributed by atoms with Crippen molar-refractivity contribution in [2.75, 3.05) is 26.9 Å². The number of alkyl halides is 3. The van der Waals surface area contributed by atoms with Gasteiger partial charge in [0.05, 0.1) is 30.4 Å². The van der Waals surface area contributed by atoms with Gasteiger partial charge in [-0.2, -0.15) is 13.2 Å². The van der Waals surface area contributed by atoms with Crippen LogP contribution in [0, 0.1) is 13.8 Å². The Hall–Kier alpha value is -2.26. The Labute approximate surface area is 235 Å². The van der Waals surface area contributed by atoms with Crippen LogP contribution in [0.15, 0.2) is 40.4 Å². The Kier molecular flexibility index (Phi) is 10.5. The molecule has 5 nitrogen and oxygen atoms in total. The van der Waals surface area contributed by atoms with Crippen LogP contribution in [0.5, 0.6) is 17.2 Å². The Bertz CT molecular complexity index is 1190. The Morgan fingerprint density at radius 2 is 1.71 bits per heavy atom. The molecule has 1 aliphatic carbocycles. The van der Waals surface area contributed by atoms with E-state index in [4.69, 9.17) is 59.5 Å². The number of nitrogens with two attached hydrogens (primary N) is 1. The van der Waals surface area contributed by atoms with Gasteiger partial charge in [0, 0.05) is 24.3 Å². The average molecular weight is 595 g/mol. The van der Waals surface area contributed by atoms with Crippen LogP contribution in [0.2, 0.25) is 5.02 Å².